The zero-order valence-electron chi connectivity index (χ0n) is 12.8. The van der Waals surface area contributed by atoms with Gasteiger partial charge < -0.3 is 25.8 Å². The van der Waals surface area contributed by atoms with Gasteiger partial charge in [0.2, 0.25) is 0 Å². The lowest BCUT2D eigenvalue weighted by Crippen LogP contribution is -2.36. The summed E-state index contributed by atoms with van der Waals surface area (Å²) in [6.45, 7) is 1.51. The summed E-state index contributed by atoms with van der Waals surface area (Å²) >= 11 is 0. The molecule has 2 aromatic heterocycles. The van der Waals surface area contributed by atoms with E-state index in [4.69, 9.17) is 15.6 Å². The van der Waals surface area contributed by atoms with E-state index in [0.29, 0.717) is 5.56 Å². The van der Waals surface area contributed by atoms with Crippen LogP contribution in [0.25, 0.3) is 0 Å². The number of aliphatic hydroxyl groups excluding tert-OH is 3. The molecule has 3 heterocycles. The summed E-state index contributed by atoms with van der Waals surface area (Å²) in [6, 6.07) is 0. The van der Waals surface area contributed by atoms with Crippen LogP contribution in [0.2, 0.25) is 0 Å². The molecule has 3 rings (SSSR count). The van der Waals surface area contributed by atoms with Crippen LogP contribution in [-0.4, -0.2) is 64.8 Å². The second-order valence-electron chi connectivity index (χ2n) is 5.63. The van der Waals surface area contributed by atoms with Gasteiger partial charge >= 0.3 is 5.69 Å². The molecular weight excluding hydrogens is 320 g/mol. The summed E-state index contributed by atoms with van der Waals surface area (Å²) in [7, 11) is 0. The first-order valence-electron chi connectivity index (χ1n) is 7.27. The Kier molecular flexibility index (Phi) is 4.32. The van der Waals surface area contributed by atoms with Crippen molar-refractivity contribution in [3.8, 4) is 0 Å². The fraction of sp³-hybridized carbons (Fsp3) is 0.538. The van der Waals surface area contributed by atoms with Gasteiger partial charge in [-0.2, -0.15) is 4.98 Å². The SMILES string of the molecule is Cc1cn(Cc2cn([C@@H]3O[C@H](CO)C(O)[C@@H]3O)c(=O)nc2N)nn1. The Morgan fingerprint density at radius 2 is 2.08 bits per heavy atom. The number of ether oxygens (including phenoxy) is 1. The minimum absolute atomic E-state index is 0.0242. The van der Waals surface area contributed by atoms with Crippen molar-refractivity contribution in [1.82, 2.24) is 24.5 Å². The minimum Gasteiger partial charge on any atom is -0.394 e. The molecule has 11 heteroatoms. The molecule has 1 saturated heterocycles. The van der Waals surface area contributed by atoms with Gasteiger partial charge in [0.1, 0.15) is 24.1 Å². The Bertz CT molecular complexity index is 789. The fourth-order valence-electron chi connectivity index (χ4n) is 2.58. The number of nitrogen functional groups attached to an aromatic ring is 1. The van der Waals surface area contributed by atoms with Gasteiger partial charge in [-0.25, -0.2) is 9.48 Å². The third kappa shape index (κ3) is 2.89. The van der Waals surface area contributed by atoms with Gasteiger partial charge in [-0.3, -0.25) is 4.57 Å². The topological polar surface area (TPSA) is 162 Å². The van der Waals surface area contributed by atoms with Crippen LogP contribution in [0.1, 0.15) is 17.5 Å². The van der Waals surface area contributed by atoms with E-state index in [1.807, 2.05) is 0 Å². The van der Waals surface area contributed by atoms with Crippen LogP contribution in [-0.2, 0) is 11.3 Å². The van der Waals surface area contributed by atoms with Crippen LogP contribution < -0.4 is 11.4 Å². The van der Waals surface area contributed by atoms with Gasteiger partial charge in [0, 0.05) is 18.0 Å². The highest BCUT2D eigenvalue weighted by molar-refractivity contribution is 5.37. The molecule has 0 spiro atoms. The minimum atomic E-state index is -1.38. The number of hydrogen-bond donors (Lipinski definition) is 4. The lowest BCUT2D eigenvalue weighted by molar-refractivity contribution is -0.0550. The second kappa shape index (κ2) is 6.28. The second-order valence-corrected chi connectivity index (χ2v) is 5.63. The lowest BCUT2D eigenvalue weighted by atomic mass is 10.1. The number of nitrogens with zero attached hydrogens (tertiary/aromatic N) is 5. The van der Waals surface area contributed by atoms with Crippen LogP contribution >= 0.6 is 0 Å². The lowest BCUT2D eigenvalue weighted by Gasteiger charge is -2.18. The molecule has 1 unspecified atom stereocenters. The van der Waals surface area contributed by atoms with E-state index in [1.54, 1.807) is 13.1 Å². The van der Waals surface area contributed by atoms with E-state index in [2.05, 4.69) is 15.3 Å². The normalized spacial score (nSPS) is 26.8. The summed E-state index contributed by atoms with van der Waals surface area (Å²) in [5.41, 5.74) is 6.24. The number of aryl methyl sites for hydroxylation is 1. The number of aromatic nitrogens is 5. The highest BCUT2D eigenvalue weighted by Crippen LogP contribution is 2.28. The van der Waals surface area contributed by atoms with Crippen molar-refractivity contribution in [2.75, 3.05) is 12.3 Å². The highest BCUT2D eigenvalue weighted by Gasteiger charge is 2.43. The molecule has 0 radical (unpaired) electrons. The summed E-state index contributed by atoms with van der Waals surface area (Å²) in [4.78, 5) is 15.8. The number of rotatable bonds is 4. The van der Waals surface area contributed by atoms with Gasteiger partial charge in [0.25, 0.3) is 0 Å². The van der Waals surface area contributed by atoms with Crippen molar-refractivity contribution in [1.29, 1.82) is 0 Å². The Labute approximate surface area is 135 Å². The van der Waals surface area contributed by atoms with E-state index < -0.39 is 36.8 Å². The first-order chi connectivity index (χ1) is 11.4. The summed E-state index contributed by atoms with van der Waals surface area (Å²) in [5.74, 6) is 0.0242. The first kappa shape index (κ1) is 16.5. The van der Waals surface area contributed by atoms with Gasteiger partial charge in [0.15, 0.2) is 6.23 Å². The van der Waals surface area contributed by atoms with E-state index in [9.17, 15) is 15.0 Å². The Morgan fingerprint density at radius 1 is 1.33 bits per heavy atom. The number of hydrogen-bond acceptors (Lipinski definition) is 9. The molecule has 0 aromatic carbocycles. The maximum atomic E-state index is 12.1. The maximum absolute atomic E-state index is 12.1. The average molecular weight is 338 g/mol. The molecule has 5 N–H and O–H groups in total. The highest BCUT2D eigenvalue weighted by atomic mass is 16.6. The number of aliphatic hydroxyl groups is 3. The summed E-state index contributed by atoms with van der Waals surface area (Å²) < 4.78 is 7.91. The zero-order chi connectivity index (χ0) is 17.4. The van der Waals surface area contributed by atoms with Crippen LogP contribution in [0.15, 0.2) is 17.2 Å². The molecule has 130 valence electrons. The van der Waals surface area contributed by atoms with Crippen molar-refractivity contribution < 1.29 is 20.1 Å². The predicted octanol–water partition coefficient (Wildman–Crippen LogP) is -2.61. The molecule has 11 nitrogen and oxygen atoms in total. The van der Waals surface area contributed by atoms with Crippen LogP contribution in [0.4, 0.5) is 5.82 Å². The maximum Gasteiger partial charge on any atom is 0.351 e. The fourth-order valence-corrected chi connectivity index (χ4v) is 2.58. The van der Waals surface area contributed by atoms with Gasteiger partial charge in [-0.15, -0.1) is 5.10 Å². The zero-order valence-corrected chi connectivity index (χ0v) is 12.8. The molecule has 2 aromatic rings. The van der Waals surface area contributed by atoms with Crippen molar-refractivity contribution in [3.63, 3.8) is 0 Å². The van der Waals surface area contributed by atoms with Crippen molar-refractivity contribution in [2.45, 2.75) is 38.0 Å². The molecule has 0 saturated carbocycles. The van der Waals surface area contributed by atoms with Crippen LogP contribution in [0.5, 0.6) is 0 Å². The molecular formula is C13H18N6O5. The van der Waals surface area contributed by atoms with Crippen LogP contribution in [0, 0.1) is 6.92 Å². The molecule has 24 heavy (non-hydrogen) atoms. The van der Waals surface area contributed by atoms with E-state index in [-0.39, 0.29) is 12.4 Å². The monoisotopic (exact) mass is 338 g/mol. The first-order valence-corrected chi connectivity index (χ1v) is 7.27. The van der Waals surface area contributed by atoms with E-state index in [0.717, 1.165) is 10.3 Å². The summed E-state index contributed by atoms with van der Waals surface area (Å²) in [6.07, 6.45) is -1.77. The van der Waals surface area contributed by atoms with Crippen molar-refractivity contribution in [3.05, 3.63) is 34.1 Å². The molecule has 0 bridgehead atoms. The Balaban J connectivity index is 1.94. The molecule has 1 aliphatic rings. The van der Waals surface area contributed by atoms with E-state index >= 15 is 0 Å². The van der Waals surface area contributed by atoms with Crippen molar-refractivity contribution >= 4 is 5.82 Å². The average Bonchev–Trinajstić information content (AvgIpc) is 3.07. The smallest absolute Gasteiger partial charge is 0.351 e. The van der Waals surface area contributed by atoms with Gasteiger partial charge in [0.05, 0.1) is 18.8 Å². The van der Waals surface area contributed by atoms with Crippen molar-refractivity contribution in [2.24, 2.45) is 0 Å². The largest absolute Gasteiger partial charge is 0.394 e. The third-order valence-corrected chi connectivity index (χ3v) is 3.84. The quantitative estimate of drug-likeness (QED) is 0.468. The molecule has 0 amide bonds. The van der Waals surface area contributed by atoms with E-state index in [1.165, 1.54) is 10.9 Å². The number of nitrogens with two attached hydrogens (primary N) is 1. The standard InChI is InChI=1S/C13H18N6O5/c1-6-2-18(17-16-6)3-7-4-19(13(23)15-11(7)14)12-10(22)9(21)8(5-20)24-12/h2,4,8-10,12,20-22H,3,5H2,1H3,(H2,14,15,23)/t8-,9?,10+,12-/m1/s1. The predicted molar refractivity (Wildman–Crippen MR) is 79.8 cm³/mol. The Hall–Kier alpha value is -2.34. The molecule has 4 atom stereocenters. The van der Waals surface area contributed by atoms with Gasteiger partial charge in [-0.05, 0) is 6.92 Å². The molecule has 1 aliphatic heterocycles. The van der Waals surface area contributed by atoms with Crippen LogP contribution in [0.3, 0.4) is 0 Å². The third-order valence-electron chi connectivity index (χ3n) is 3.84. The summed E-state index contributed by atoms with van der Waals surface area (Å²) in [5, 5.41) is 36.8. The Morgan fingerprint density at radius 3 is 2.67 bits per heavy atom. The van der Waals surface area contributed by atoms with Gasteiger partial charge in [-0.1, -0.05) is 5.21 Å². The molecule has 1 fully saturated rings. The molecule has 0 aliphatic carbocycles. The number of anilines is 1.